The number of benzene rings is 2. The van der Waals surface area contributed by atoms with E-state index in [2.05, 4.69) is 93.0 Å². The Hall–Kier alpha value is -2.72. The second-order valence-electron chi connectivity index (χ2n) is 15.7. The number of imidazole rings is 1. The van der Waals surface area contributed by atoms with Gasteiger partial charge in [-0.25, -0.2) is 4.98 Å². The van der Waals surface area contributed by atoms with E-state index in [0.29, 0.717) is 0 Å². The SMILES string of the molecule is CCCCCCCCCCCCCCCCCNCc1ccc(Cn2c(CCCC)nc3c(CC(C)(C)C)nc4ccccc4c32)cc1. The van der Waals surface area contributed by atoms with Gasteiger partial charge >= 0.3 is 0 Å². The van der Waals surface area contributed by atoms with Gasteiger partial charge in [0.1, 0.15) is 11.3 Å². The van der Waals surface area contributed by atoms with Crippen LogP contribution in [0.15, 0.2) is 48.5 Å². The minimum absolute atomic E-state index is 0.145. The van der Waals surface area contributed by atoms with Crippen molar-refractivity contribution in [3.63, 3.8) is 0 Å². The molecule has 2 heterocycles. The number of aromatic nitrogens is 3. The van der Waals surface area contributed by atoms with Crippen molar-refractivity contribution in [3.05, 3.63) is 71.2 Å². The molecule has 0 amide bonds. The lowest BCUT2D eigenvalue weighted by molar-refractivity contribution is 0.408. The van der Waals surface area contributed by atoms with Crippen LogP contribution < -0.4 is 5.32 Å². The lowest BCUT2D eigenvalue weighted by atomic mass is 9.89. The Labute approximate surface area is 293 Å². The molecule has 4 rings (SSSR count). The highest BCUT2D eigenvalue weighted by molar-refractivity contribution is 6.03. The minimum atomic E-state index is 0.145. The molecular formula is C44H68N4. The van der Waals surface area contributed by atoms with E-state index in [0.717, 1.165) is 62.0 Å². The van der Waals surface area contributed by atoms with Crippen molar-refractivity contribution < 1.29 is 0 Å². The number of pyridine rings is 1. The van der Waals surface area contributed by atoms with Gasteiger partial charge < -0.3 is 9.88 Å². The molecule has 0 saturated carbocycles. The average Bonchev–Trinajstić information content (AvgIpc) is 3.43. The predicted octanol–water partition coefficient (Wildman–Crippen LogP) is 12.5. The molecule has 0 saturated heterocycles. The van der Waals surface area contributed by atoms with E-state index in [9.17, 15) is 0 Å². The topological polar surface area (TPSA) is 42.7 Å². The van der Waals surface area contributed by atoms with Gasteiger partial charge in [0.2, 0.25) is 0 Å². The van der Waals surface area contributed by atoms with E-state index in [1.807, 2.05) is 0 Å². The average molecular weight is 653 g/mol. The number of hydrogen-bond donors (Lipinski definition) is 1. The number of fused-ring (bicyclic) bond motifs is 3. The second kappa shape index (κ2) is 20.7. The van der Waals surface area contributed by atoms with Crippen molar-refractivity contribution >= 4 is 21.9 Å². The Morgan fingerprint density at radius 2 is 1.19 bits per heavy atom. The van der Waals surface area contributed by atoms with Crippen LogP contribution in [0, 0.1) is 5.41 Å². The second-order valence-corrected chi connectivity index (χ2v) is 15.7. The van der Waals surface area contributed by atoms with Crippen LogP contribution in [0.2, 0.25) is 0 Å². The normalized spacial score (nSPS) is 12.1. The van der Waals surface area contributed by atoms with Crippen LogP contribution in [0.3, 0.4) is 0 Å². The van der Waals surface area contributed by atoms with E-state index in [4.69, 9.17) is 9.97 Å². The first kappa shape index (κ1) is 38.1. The summed E-state index contributed by atoms with van der Waals surface area (Å²) >= 11 is 0. The van der Waals surface area contributed by atoms with Crippen molar-refractivity contribution in [1.82, 2.24) is 19.9 Å². The summed E-state index contributed by atoms with van der Waals surface area (Å²) < 4.78 is 2.49. The van der Waals surface area contributed by atoms with Crippen LogP contribution in [0.5, 0.6) is 0 Å². The summed E-state index contributed by atoms with van der Waals surface area (Å²) in [7, 11) is 0. The first-order chi connectivity index (χ1) is 23.4. The molecule has 264 valence electrons. The van der Waals surface area contributed by atoms with Crippen LogP contribution in [0.1, 0.15) is 166 Å². The van der Waals surface area contributed by atoms with Crippen molar-refractivity contribution in [1.29, 1.82) is 0 Å². The molecule has 0 aliphatic carbocycles. The van der Waals surface area contributed by atoms with Gasteiger partial charge in [-0.2, -0.15) is 0 Å². The van der Waals surface area contributed by atoms with Crippen LogP contribution in [0.25, 0.3) is 21.9 Å². The van der Waals surface area contributed by atoms with Crippen molar-refractivity contribution in [2.75, 3.05) is 6.54 Å². The molecule has 0 fully saturated rings. The van der Waals surface area contributed by atoms with Gasteiger partial charge in [0.15, 0.2) is 0 Å². The first-order valence-corrected chi connectivity index (χ1v) is 19.9. The van der Waals surface area contributed by atoms with Crippen LogP contribution in [-0.4, -0.2) is 21.1 Å². The van der Waals surface area contributed by atoms with Crippen LogP contribution >= 0.6 is 0 Å². The number of hydrogen-bond acceptors (Lipinski definition) is 3. The minimum Gasteiger partial charge on any atom is -0.323 e. The lowest BCUT2D eigenvalue weighted by Gasteiger charge is -2.18. The fraction of sp³-hybridized carbons (Fsp3) is 0.636. The highest BCUT2D eigenvalue weighted by Crippen LogP contribution is 2.32. The number of nitrogens with zero attached hydrogens (tertiary/aromatic N) is 3. The summed E-state index contributed by atoms with van der Waals surface area (Å²) in [4.78, 5) is 10.4. The highest BCUT2D eigenvalue weighted by Gasteiger charge is 2.22. The molecule has 0 radical (unpaired) electrons. The fourth-order valence-corrected chi connectivity index (χ4v) is 7.06. The predicted molar refractivity (Wildman–Crippen MR) is 209 cm³/mol. The third-order valence-corrected chi connectivity index (χ3v) is 9.84. The van der Waals surface area contributed by atoms with Crippen LogP contribution in [0.4, 0.5) is 0 Å². The molecule has 4 nitrogen and oxygen atoms in total. The number of nitrogens with one attached hydrogen (secondary N) is 1. The Morgan fingerprint density at radius 3 is 1.79 bits per heavy atom. The zero-order chi connectivity index (χ0) is 34.0. The third kappa shape index (κ3) is 12.6. The maximum absolute atomic E-state index is 5.30. The molecule has 0 bridgehead atoms. The van der Waals surface area contributed by atoms with Gasteiger partial charge in [-0.15, -0.1) is 0 Å². The maximum Gasteiger partial charge on any atom is 0.111 e. The molecule has 2 aromatic carbocycles. The number of para-hydroxylation sites is 1. The monoisotopic (exact) mass is 653 g/mol. The molecular weight excluding hydrogens is 585 g/mol. The molecule has 0 aliphatic rings. The van der Waals surface area contributed by atoms with E-state index in [-0.39, 0.29) is 5.41 Å². The molecule has 1 N–H and O–H groups in total. The highest BCUT2D eigenvalue weighted by atomic mass is 15.1. The number of aryl methyl sites for hydroxylation is 1. The third-order valence-electron chi connectivity index (χ3n) is 9.84. The van der Waals surface area contributed by atoms with Crippen molar-refractivity contribution in [2.24, 2.45) is 5.41 Å². The summed E-state index contributed by atoms with van der Waals surface area (Å²) in [5, 5.41) is 4.90. The van der Waals surface area contributed by atoms with E-state index >= 15 is 0 Å². The molecule has 2 aromatic heterocycles. The standard InChI is InChI=1S/C44H68N4/c1-6-8-10-11-12-13-14-15-16-17-18-19-20-21-24-32-45-34-36-28-30-37(31-29-36)35-48-41(27-9-7-2)47-42-40(33-44(3,4)5)46-39-26-23-22-25-38(39)43(42)48/h22-23,25-26,28-31,45H,6-21,24,27,32-35H2,1-5H3. The molecule has 0 aliphatic heterocycles. The summed E-state index contributed by atoms with van der Waals surface area (Å²) in [6.07, 6.45) is 25.5. The lowest BCUT2D eigenvalue weighted by Crippen LogP contribution is -2.14. The summed E-state index contributed by atoms with van der Waals surface area (Å²) in [5.41, 5.74) is 7.38. The van der Waals surface area contributed by atoms with E-state index < -0.39 is 0 Å². The van der Waals surface area contributed by atoms with E-state index in [1.165, 1.54) is 124 Å². The quantitative estimate of drug-likeness (QED) is 0.0766. The Bertz CT molecular complexity index is 1460. The smallest absolute Gasteiger partial charge is 0.111 e. The zero-order valence-electron chi connectivity index (χ0n) is 31.5. The molecule has 0 spiro atoms. The number of unbranched alkanes of at least 4 members (excludes halogenated alkanes) is 15. The summed E-state index contributed by atoms with van der Waals surface area (Å²) in [6, 6.07) is 17.9. The Morgan fingerprint density at radius 1 is 0.625 bits per heavy atom. The van der Waals surface area contributed by atoms with Gasteiger partial charge in [-0.1, -0.05) is 173 Å². The summed E-state index contributed by atoms with van der Waals surface area (Å²) in [6.45, 7) is 14.3. The fourth-order valence-electron chi connectivity index (χ4n) is 7.06. The first-order valence-electron chi connectivity index (χ1n) is 19.9. The molecule has 48 heavy (non-hydrogen) atoms. The largest absolute Gasteiger partial charge is 0.323 e. The zero-order valence-corrected chi connectivity index (χ0v) is 31.5. The van der Waals surface area contributed by atoms with Gasteiger partial charge in [0.05, 0.1) is 16.7 Å². The van der Waals surface area contributed by atoms with Gasteiger partial charge in [-0.05, 0) is 48.4 Å². The maximum atomic E-state index is 5.30. The van der Waals surface area contributed by atoms with E-state index in [1.54, 1.807) is 0 Å². The Kier molecular flexibility index (Phi) is 16.4. The Balaban J connectivity index is 1.22. The van der Waals surface area contributed by atoms with Crippen molar-refractivity contribution in [3.8, 4) is 0 Å². The molecule has 0 atom stereocenters. The summed E-state index contributed by atoms with van der Waals surface area (Å²) in [5.74, 6) is 1.19. The van der Waals surface area contributed by atoms with Crippen LogP contribution in [-0.2, 0) is 25.9 Å². The van der Waals surface area contributed by atoms with Crippen molar-refractivity contribution in [2.45, 2.75) is 170 Å². The van der Waals surface area contributed by atoms with Gasteiger partial charge in [0.25, 0.3) is 0 Å². The molecule has 4 aromatic rings. The number of rotatable bonds is 24. The van der Waals surface area contributed by atoms with Gasteiger partial charge in [0, 0.05) is 24.9 Å². The molecule has 4 heteroatoms. The molecule has 0 unspecified atom stereocenters. The van der Waals surface area contributed by atoms with Gasteiger partial charge in [-0.3, -0.25) is 4.98 Å².